The van der Waals surface area contributed by atoms with E-state index in [1.807, 2.05) is 36.4 Å². The Hall–Kier alpha value is -3.33. The highest BCUT2D eigenvalue weighted by molar-refractivity contribution is 9.10. The van der Waals surface area contributed by atoms with E-state index in [9.17, 15) is 19.7 Å². The summed E-state index contributed by atoms with van der Waals surface area (Å²) >= 11 is 3.36. The zero-order chi connectivity index (χ0) is 22.4. The van der Waals surface area contributed by atoms with Crippen LogP contribution in [0.3, 0.4) is 0 Å². The summed E-state index contributed by atoms with van der Waals surface area (Å²) in [5.74, 6) is -1.12. The van der Waals surface area contributed by atoms with Crippen LogP contribution in [0.1, 0.15) is 17.5 Å². The van der Waals surface area contributed by atoms with E-state index in [1.54, 1.807) is 6.07 Å². The fraction of sp³-hybridized carbons (Fsp3) is 0.261. The van der Waals surface area contributed by atoms with Gasteiger partial charge in [-0.2, -0.15) is 10.1 Å². The van der Waals surface area contributed by atoms with E-state index in [2.05, 4.69) is 21.0 Å². The number of para-hydroxylation sites is 1. The number of nitro benzene ring substituents is 1. The van der Waals surface area contributed by atoms with Gasteiger partial charge in [-0.3, -0.25) is 19.7 Å². The Labute approximate surface area is 191 Å². The Balaban J connectivity index is 1.41. The SMILES string of the molecule is O=C1C2C3C=CC(C3)C2C(=O)N1N=Cc1cccc([N+](=O)[O-])c1OCc1ccc(Br)cc1. The molecule has 2 bridgehead atoms. The van der Waals surface area contributed by atoms with E-state index >= 15 is 0 Å². The monoisotopic (exact) mass is 495 g/mol. The molecule has 0 aromatic heterocycles. The molecule has 1 aliphatic heterocycles. The van der Waals surface area contributed by atoms with Crippen LogP contribution < -0.4 is 4.74 Å². The summed E-state index contributed by atoms with van der Waals surface area (Å²) < 4.78 is 6.71. The number of hydrazone groups is 1. The number of fused-ring (bicyclic) bond motifs is 5. The lowest BCUT2D eigenvalue weighted by molar-refractivity contribution is -0.385. The average molecular weight is 496 g/mol. The lowest BCUT2D eigenvalue weighted by Gasteiger charge is -2.13. The van der Waals surface area contributed by atoms with Crippen molar-refractivity contribution < 1.29 is 19.2 Å². The zero-order valence-corrected chi connectivity index (χ0v) is 18.3. The Bertz CT molecular complexity index is 1150. The number of ether oxygens (including phenoxy) is 1. The number of halogens is 1. The molecule has 0 radical (unpaired) electrons. The molecule has 1 saturated heterocycles. The highest BCUT2D eigenvalue weighted by Gasteiger charge is 2.59. The molecular formula is C23H18BrN3O5. The summed E-state index contributed by atoms with van der Waals surface area (Å²) in [6.45, 7) is 0.111. The molecule has 1 saturated carbocycles. The molecule has 2 aromatic rings. The number of allylic oxidation sites excluding steroid dienone is 2. The largest absolute Gasteiger partial charge is 0.481 e. The molecular weight excluding hydrogens is 478 g/mol. The van der Waals surface area contributed by atoms with Crippen LogP contribution >= 0.6 is 15.9 Å². The van der Waals surface area contributed by atoms with Gasteiger partial charge in [0.05, 0.1) is 23.0 Å². The van der Waals surface area contributed by atoms with E-state index < -0.39 is 4.92 Å². The van der Waals surface area contributed by atoms with Gasteiger partial charge in [-0.15, -0.1) is 0 Å². The van der Waals surface area contributed by atoms with Gasteiger partial charge in [0, 0.05) is 16.1 Å². The Morgan fingerprint density at radius 3 is 2.38 bits per heavy atom. The molecule has 5 rings (SSSR count). The Morgan fingerprint density at radius 2 is 1.75 bits per heavy atom. The minimum absolute atomic E-state index is 0.0326. The molecule has 2 amide bonds. The van der Waals surface area contributed by atoms with Crippen molar-refractivity contribution in [2.75, 3.05) is 0 Å². The molecule has 1 heterocycles. The third kappa shape index (κ3) is 3.42. The third-order valence-corrected chi connectivity index (χ3v) is 6.81. The number of nitro groups is 1. The molecule has 162 valence electrons. The van der Waals surface area contributed by atoms with Crippen molar-refractivity contribution in [3.05, 3.63) is 80.3 Å². The van der Waals surface area contributed by atoms with Gasteiger partial charge in [-0.05, 0) is 42.0 Å². The highest BCUT2D eigenvalue weighted by Crippen LogP contribution is 2.52. The van der Waals surface area contributed by atoms with Gasteiger partial charge in [0.2, 0.25) is 5.75 Å². The molecule has 4 unspecified atom stereocenters. The molecule has 32 heavy (non-hydrogen) atoms. The van der Waals surface area contributed by atoms with Gasteiger partial charge in [-0.25, -0.2) is 0 Å². The standard InChI is InChI=1S/C23H18BrN3O5/c24-17-8-4-13(5-9-17)12-32-21-16(2-1-3-18(21)27(30)31)11-25-26-22(28)19-14-6-7-15(10-14)20(19)23(26)29/h1-9,11,14-15,19-20H,10,12H2. The second-order valence-corrected chi connectivity index (χ2v) is 9.02. The molecule has 0 spiro atoms. The van der Waals surface area contributed by atoms with Crippen LogP contribution in [0.2, 0.25) is 0 Å². The van der Waals surface area contributed by atoms with E-state index in [0.717, 1.165) is 21.5 Å². The molecule has 2 fully saturated rings. The lowest BCUT2D eigenvalue weighted by atomic mass is 9.85. The quantitative estimate of drug-likeness (QED) is 0.197. The number of nitrogens with zero attached hydrogens (tertiary/aromatic N) is 3. The first-order chi connectivity index (χ1) is 15.4. The molecule has 2 aromatic carbocycles. The van der Waals surface area contributed by atoms with Crippen molar-refractivity contribution in [1.29, 1.82) is 0 Å². The van der Waals surface area contributed by atoms with Gasteiger partial charge in [0.15, 0.2) is 0 Å². The summed E-state index contributed by atoms with van der Waals surface area (Å²) in [6, 6.07) is 11.8. The predicted octanol–water partition coefficient (Wildman–Crippen LogP) is 4.08. The van der Waals surface area contributed by atoms with E-state index in [1.165, 1.54) is 18.3 Å². The summed E-state index contributed by atoms with van der Waals surface area (Å²) in [7, 11) is 0. The van der Waals surface area contributed by atoms with Crippen molar-refractivity contribution in [3.8, 4) is 5.75 Å². The van der Waals surface area contributed by atoms with E-state index in [-0.39, 0.29) is 53.5 Å². The molecule has 0 N–H and O–H groups in total. The number of imide groups is 1. The first-order valence-electron chi connectivity index (χ1n) is 10.2. The zero-order valence-electron chi connectivity index (χ0n) is 16.8. The Kier molecular flexibility index (Phi) is 5.13. The number of benzene rings is 2. The van der Waals surface area contributed by atoms with Crippen LogP contribution in [0, 0.1) is 33.8 Å². The van der Waals surface area contributed by atoms with Crippen LogP contribution in [-0.2, 0) is 16.2 Å². The molecule has 8 nitrogen and oxygen atoms in total. The number of carbonyl (C=O) groups is 2. The van der Waals surface area contributed by atoms with Gasteiger partial charge < -0.3 is 4.74 Å². The van der Waals surface area contributed by atoms with Crippen molar-refractivity contribution in [2.45, 2.75) is 13.0 Å². The van der Waals surface area contributed by atoms with Crippen LogP contribution in [-0.4, -0.2) is 28.0 Å². The Morgan fingerprint density at radius 1 is 1.09 bits per heavy atom. The molecule has 3 aliphatic rings. The fourth-order valence-corrected chi connectivity index (χ4v) is 5.07. The number of hydrogen-bond donors (Lipinski definition) is 0. The normalized spacial score (nSPS) is 25.7. The molecule has 2 aliphatic carbocycles. The first-order valence-corrected chi connectivity index (χ1v) is 11.0. The van der Waals surface area contributed by atoms with Gasteiger partial charge in [-0.1, -0.05) is 46.3 Å². The van der Waals surface area contributed by atoms with Gasteiger partial charge in [0.25, 0.3) is 11.8 Å². The van der Waals surface area contributed by atoms with E-state index in [0.29, 0.717) is 5.56 Å². The second-order valence-electron chi connectivity index (χ2n) is 8.10. The lowest BCUT2D eigenvalue weighted by Crippen LogP contribution is -2.28. The van der Waals surface area contributed by atoms with Gasteiger partial charge >= 0.3 is 5.69 Å². The highest BCUT2D eigenvalue weighted by atomic mass is 79.9. The predicted molar refractivity (Wildman–Crippen MR) is 119 cm³/mol. The second kappa shape index (κ2) is 7.98. The minimum atomic E-state index is -0.534. The van der Waals surface area contributed by atoms with E-state index in [4.69, 9.17) is 4.74 Å². The maximum atomic E-state index is 12.8. The summed E-state index contributed by atoms with van der Waals surface area (Å²) in [4.78, 5) is 36.7. The summed E-state index contributed by atoms with van der Waals surface area (Å²) in [5.41, 5.74) is 0.925. The average Bonchev–Trinajstić information content (AvgIpc) is 3.46. The van der Waals surface area contributed by atoms with Crippen molar-refractivity contribution in [3.63, 3.8) is 0 Å². The van der Waals surface area contributed by atoms with Gasteiger partial charge in [0.1, 0.15) is 6.61 Å². The minimum Gasteiger partial charge on any atom is -0.481 e. The smallest absolute Gasteiger partial charge is 0.311 e. The number of rotatable bonds is 6. The topological polar surface area (TPSA) is 102 Å². The number of carbonyl (C=O) groups excluding carboxylic acids is 2. The summed E-state index contributed by atoms with van der Waals surface area (Å²) in [6.07, 6.45) is 6.15. The van der Waals surface area contributed by atoms with Crippen LogP contribution in [0.4, 0.5) is 5.69 Å². The summed E-state index contributed by atoms with van der Waals surface area (Å²) in [5, 5.41) is 16.6. The first kappa shape index (κ1) is 20.6. The van der Waals surface area contributed by atoms with Crippen molar-refractivity contribution in [1.82, 2.24) is 5.01 Å². The third-order valence-electron chi connectivity index (χ3n) is 6.28. The molecule has 9 heteroatoms. The fourth-order valence-electron chi connectivity index (χ4n) is 4.80. The molecule has 4 atom stereocenters. The number of amides is 2. The maximum absolute atomic E-state index is 12.8. The van der Waals surface area contributed by atoms with Crippen molar-refractivity contribution in [2.24, 2.45) is 28.8 Å². The van der Waals surface area contributed by atoms with Crippen LogP contribution in [0.15, 0.2) is 64.2 Å². The van der Waals surface area contributed by atoms with Crippen LogP contribution in [0.25, 0.3) is 0 Å². The maximum Gasteiger partial charge on any atom is 0.311 e. The van der Waals surface area contributed by atoms with Crippen molar-refractivity contribution >= 4 is 39.6 Å². The number of hydrogen-bond acceptors (Lipinski definition) is 6. The van der Waals surface area contributed by atoms with Crippen LogP contribution in [0.5, 0.6) is 5.75 Å².